The predicted octanol–water partition coefficient (Wildman–Crippen LogP) is 4.08. The smallest absolute Gasteiger partial charge is 0.271 e. The number of aryl methyl sites for hydroxylation is 1. The molecule has 2 atom stereocenters. The van der Waals surface area contributed by atoms with E-state index in [1.54, 1.807) is 23.5 Å². The molecule has 0 radical (unpaired) electrons. The number of hydrogen-bond donors (Lipinski definition) is 0. The number of thiophene rings is 1. The van der Waals surface area contributed by atoms with Gasteiger partial charge in [-0.1, -0.05) is 12.1 Å². The Morgan fingerprint density at radius 2 is 1.86 bits per heavy atom. The van der Waals surface area contributed by atoms with Crippen molar-refractivity contribution in [3.05, 3.63) is 81.6 Å². The fourth-order valence-corrected chi connectivity index (χ4v) is 5.41. The molecule has 0 aliphatic carbocycles. The highest BCUT2D eigenvalue weighted by molar-refractivity contribution is 7.10. The molecule has 6 heteroatoms. The number of benzene rings is 1. The van der Waals surface area contributed by atoms with Crippen molar-refractivity contribution >= 4 is 17.2 Å². The number of carbonyl (C=O) groups is 1. The van der Waals surface area contributed by atoms with Crippen LogP contribution >= 0.6 is 11.3 Å². The first-order valence-electron chi connectivity index (χ1n) is 9.58. The summed E-state index contributed by atoms with van der Waals surface area (Å²) < 4.78 is 15.4. The Hall–Kier alpha value is -2.44. The summed E-state index contributed by atoms with van der Waals surface area (Å²) in [4.78, 5) is 19.0. The van der Waals surface area contributed by atoms with E-state index in [2.05, 4.69) is 27.8 Å². The number of halogens is 1. The second-order valence-electron chi connectivity index (χ2n) is 7.72. The molecule has 2 aliphatic heterocycles. The van der Waals surface area contributed by atoms with Crippen LogP contribution < -0.4 is 0 Å². The van der Waals surface area contributed by atoms with Crippen LogP contribution in [0.3, 0.4) is 0 Å². The molecule has 144 valence electrons. The average molecular weight is 396 g/mol. The lowest BCUT2D eigenvalue weighted by molar-refractivity contribution is 0.0556. The van der Waals surface area contributed by atoms with Gasteiger partial charge in [-0.15, -0.1) is 11.3 Å². The summed E-state index contributed by atoms with van der Waals surface area (Å²) in [6, 6.07) is 12.9. The van der Waals surface area contributed by atoms with E-state index in [9.17, 15) is 9.18 Å². The van der Waals surface area contributed by atoms with Crippen molar-refractivity contribution in [1.82, 2.24) is 14.4 Å². The lowest BCUT2D eigenvalue weighted by atomic mass is 10.0. The van der Waals surface area contributed by atoms with Crippen LogP contribution in [0.2, 0.25) is 0 Å². The highest BCUT2D eigenvalue weighted by Crippen LogP contribution is 2.35. The van der Waals surface area contributed by atoms with Gasteiger partial charge in [0, 0.05) is 37.3 Å². The number of amides is 1. The standard InChI is InChI=1S/C22H22FN3OS/c1-15-8-10-28-21(15)14-24-12-19-20(13-24)26(11-16-4-6-17(23)7-5-16)22(27)18-3-2-9-25(18)19/h2-10,19-20H,11-14H2,1H3/t19-,20-/m1/s1. The van der Waals surface area contributed by atoms with Crippen LogP contribution in [0.5, 0.6) is 0 Å². The first-order chi connectivity index (χ1) is 13.6. The van der Waals surface area contributed by atoms with Gasteiger partial charge in [-0.05, 0) is 53.8 Å². The summed E-state index contributed by atoms with van der Waals surface area (Å²) in [5.41, 5.74) is 3.04. The molecule has 5 rings (SSSR count). The predicted molar refractivity (Wildman–Crippen MR) is 108 cm³/mol. The third kappa shape index (κ3) is 2.97. The molecule has 3 aromatic rings. The maximum atomic E-state index is 13.3. The van der Waals surface area contributed by atoms with E-state index in [0.29, 0.717) is 6.54 Å². The maximum Gasteiger partial charge on any atom is 0.271 e. The molecule has 4 heterocycles. The Balaban J connectivity index is 1.44. The summed E-state index contributed by atoms with van der Waals surface area (Å²) in [5.74, 6) is -0.191. The van der Waals surface area contributed by atoms with Gasteiger partial charge in [0.2, 0.25) is 0 Å². The van der Waals surface area contributed by atoms with Gasteiger partial charge in [0.15, 0.2) is 0 Å². The van der Waals surface area contributed by atoms with Crippen LogP contribution in [0.25, 0.3) is 0 Å². The number of likely N-dealkylation sites (tertiary alicyclic amines) is 1. The number of hydrogen-bond acceptors (Lipinski definition) is 3. The first kappa shape index (κ1) is 17.6. The van der Waals surface area contributed by atoms with E-state index in [1.165, 1.54) is 22.6 Å². The van der Waals surface area contributed by atoms with Crippen molar-refractivity contribution in [3.63, 3.8) is 0 Å². The van der Waals surface area contributed by atoms with Crippen LogP contribution in [-0.4, -0.2) is 39.4 Å². The van der Waals surface area contributed by atoms with E-state index >= 15 is 0 Å². The molecule has 1 aromatic carbocycles. The number of rotatable bonds is 4. The molecule has 0 N–H and O–H groups in total. The molecular formula is C22H22FN3OS. The second-order valence-corrected chi connectivity index (χ2v) is 8.72. The number of fused-ring (bicyclic) bond motifs is 3. The molecule has 0 unspecified atom stereocenters. The Bertz CT molecular complexity index is 1010. The van der Waals surface area contributed by atoms with Gasteiger partial charge >= 0.3 is 0 Å². The van der Waals surface area contributed by atoms with Gasteiger partial charge in [-0.2, -0.15) is 0 Å². The number of carbonyl (C=O) groups excluding carboxylic acids is 1. The quantitative estimate of drug-likeness (QED) is 0.666. The van der Waals surface area contributed by atoms with Crippen molar-refractivity contribution in [2.45, 2.75) is 32.1 Å². The van der Waals surface area contributed by atoms with Gasteiger partial charge in [-0.25, -0.2) is 4.39 Å². The minimum Gasteiger partial charge on any atom is -0.337 e. The van der Waals surface area contributed by atoms with Gasteiger partial charge in [0.1, 0.15) is 11.5 Å². The Morgan fingerprint density at radius 1 is 1.07 bits per heavy atom. The molecule has 1 fully saturated rings. The molecule has 1 saturated heterocycles. The van der Waals surface area contributed by atoms with Crippen LogP contribution in [0.15, 0.2) is 54.0 Å². The molecule has 0 bridgehead atoms. The van der Waals surface area contributed by atoms with E-state index in [4.69, 9.17) is 0 Å². The second kappa shape index (κ2) is 6.87. The molecule has 2 aliphatic rings. The summed E-state index contributed by atoms with van der Waals surface area (Å²) in [6.07, 6.45) is 2.03. The Kier molecular flexibility index (Phi) is 4.33. The third-order valence-corrected chi connectivity index (χ3v) is 6.96. The average Bonchev–Trinajstić information content (AvgIpc) is 3.41. The van der Waals surface area contributed by atoms with Crippen molar-refractivity contribution in [1.29, 1.82) is 0 Å². The van der Waals surface area contributed by atoms with Gasteiger partial charge in [0.25, 0.3) is 5.91 Å². The molecule has 1 amide bonds. The van der Waals surface area contributed by atoms with Crippen molar-refractivity contribution in [2.24, 2.45) is 0 Å². The zero-order valence-corrected chi connectivity index (χ0v) is 16.5. The largest absolute Gasteiger partial charge is 0.337 e. The van der Waals surface area contributed by atoms with Crippen LogP contribution in [0.4, 0.5) is 4.39 Å². The fraction of sp³-hybridized carbons (Fsp3) is 0.318. The molecule has 2 aromatic heterocycles. The summed E-state index contributed by atoms with van der Waals surface area (Å²) in [7, 11) is 0. The number of aromatic nitrogens is 1. The number of nitrogens with zero attached hydrogens (tertiary/aromatic N) is 3. The lowest BCUT2D eigenvalue weighted by Gasteiger charge is -2.38. The first-order valence-corrected chi connectivity index (χ1v) is 10.5. The van der Waals surface area contributed by atoms with Crippen LogP contribution in [0, 0.1) is 12.7 Å². The van der Waals surface area contributed by atoms with Gasteiger partial charge < -0.3 is 9.47 Å². The van der Waals surface area contributed by atoms with Crippen molar-refractivity contribution < 1.29 is 9.18 Å². The summed E-state index contributed by atoms with van der Waals surface area (Å²) in [5, 5.41) is 2.14. The van der Waals surface area contributed by atoms with Crippen LogP contribution in [0.1, 0.15) is 32.5 Å². The lowest BCUT2D eigenvalue weighted by Crippen LogP contribution is -2.49. The van der Waals surface area contributed by atoms with Crippen molar-refractivity contribution in [3.8, 4) is 0 Å². The molecule has 28 heavy (non-hydrogen) atoms. The zero-order chi connectivity index (χ0) is 19.3. The highest BCUT2D eigenvalue weighted by atomic mass is 32.1. The fourth-order valence-electron chi connectivity index (χ4n) is 4.46. The van der Waals surface area contributed by atoms with E-state index in [0.717, 1.165) is 30.9 Å². The van der Waals surface area contributed by atoms with Gasteiger partial charge in [-0.3, -0.25) is 9.69 Å². The van der Waals surface area contributed by atoms with E-state index < -0.39 is 0 Å². The zero-order valence-electron chi connectivity index (χ0n) is 15.7. The molecular weight excluding hydrogens is 373 g/mol. The Labute approximate surface area is 167 Å². The van der Waals surface area contributed by atoms with Crippen LogP contribution in [-0.2, 0) is 13.1 Å². The minimum absolute atomic E-state index is 0.0599. The third-order valence-electron chi connectivity index (χ3n) is 5.95. The van der Waals surface area contributed by atoms with Crippen molar-refractivity contribution in [2.75, 3.05) is 13.1 Å². The minimum atomic E-state index is -0.251. The summed E-state index contributed by atoms with van der Waals surface area (Å²) >= 11 is 1.80. The maximum absolute atomic E-state index is 13.3. The topological polar surface area (TPSA) is 28.5 Å². The van der Waals surface area contributed by atoms with E-state index in [-0.39, 0.29) is 23.8 Å². The van der Waals surface area contributed by atoms with Gasteiger partial charge in [0.05, 0.1) is 12.1 Å². The SMILES string of the molecule is Cc1ccsc1CN1C[C@@H]2[C@@H](C1)n1cccc1C(=O)N2Cc1ccc(F)cc1. The Morgan fingerprint density at radius 3 is 2.61 bits per heavy atom. The monoisotopic (exact) mass is 395 g/mol. The normalized spacial score (nSPS) is 21.8. The molecule has 4 nitrogen and oxygen atoms in total. The highest BCUT2D eigenvalue weighted by Gasteiger charge is 2.44. The molecule has 0 spiro atoms. The summed E-state index contributed by atoms with van der Waals surface area (Å²) in [6.45, 7) is 5.37. The molecule has 0 saturated carbocycles. The van der Waals surface area contributed by atoms with E-state index in [1.807, 2.05) is 23.2 Å².